The van der Waals surface area contributed by atoms with Gasteiger partial charge in [0.2, 0.25) is 0 Å². The predicted molar refractivity (Wildman–Crippen MR) is 241 cm³/mol. The molecule has 0 saturated carbocycles. The molecule has 0 amide bonds. The zero-order valence-electron chi connectivity index (χ0n) is 30.9. The van der Waals surface area contributed by atoms with E-state index < -0.39 is 0 Å². The van der Waals surface area contributed by atoms with Crippen molar-refractivity contribution >= 4 is 80.9 Å². The number of rotatable bonds is 5. The number of hydrogen-bond donors (Lipinski definition) is 0. The van der Waals surface area contributed by atoms with Crippen LogP contribution in [0.4, 0.5) is 0 Å². The Labute approximate surface area is 332 Å². The maximum atomic E-state index is 5.46. The second-order valence-corrected chi connectivity index (χ2v) is 15.9. The molecule has 4 aromatic heterocycles. The van der Waals surface area contributed by atoms with E-state index >= 15 is 0 Å². The summed E-state index contributed by atoms with van der Waals surface area (Å²) < 4.78 is 7.24. The highest BCUT2D eigenvalue weighted by atomic mass is 32.1. The molecule has 0 N–H and O–H groups in total. The van der Waals surface area contributed by atoms with Gasteiger partial charge in [0, 0.05) is 54.1 Å². The standard InChI is InChI=1S/C52H34N4S/c1-2-14-37(15-3-1)56-47-24-12-9-21-44(47)54-52(56)34-28-26-33(27-29-34)35-30-36(32-38(31-35)55-45-22-10-5-16-39(45)40-17-6-11-23-46(40)55)50-51-49(41-18-4-8-20-43(41)53-50)42-19-7-13-25-48(42)57-51/h1-2,4-14,16-32H,3,15H2. The lowest BCUT2D eigenvalue weighted by atomic mass is 9.97. The molecule has 7 aromatic carbocycles. The largest absolute Gasteiger partial charge is 0.309 e. The van der Waals surface area contributed by atoms with Crippen LogP contribution in [0.25, 0.3) is 109 Å². The maximum Gasteiger partial charge on any atom is 0.145 e. The van der Waals surface area contributed by atoms with Crippen LogP contribution in [0.2, 0.25) is 0 Å². The molecule has 4 heterocycles. The van der Waals surface area contributed by atoms with Crippen LogP contribution in [0.15, 0.2) is 182 Å². The third kappa shape index (κ3) is 5.06. The van der Waals surface area contributed by atoms with Gasteiger partial charge in [-0.2, -0.15) is 0 Å². The topological polar surface area (TPSA) is 35.6 Å². The summed E-state index contributed by atoms with van der Waals surface area (Å²) in [6.07, 6.45) is 8.64. The number of aromatic nitrogens is 4. The van der Waals surface area contributed by atoms with Crippen LogP contribution in [0.3, 0.4) is 0 Å². The summed E-state index contributed by atoms with van der Waals surface area (Å²) in [5.74, 6) is 0.969. The first-order valence-electron chi connectivity index (χ1n) is 19.6. The Bertz CT molecular complexity index is 3410. The molecule has 11 aromatic rings. The quantitative estimate of drug-likeness (QED) is 0.176. The lowest BCUT2D eigenvalue weighted by Crippen LogP contribution is -2.01. The average Bonchev–Trinajstić information content (AvgIpc) is 3.97. The van der Waals surface area contributed by atoms with Gasteiger partial charge < -0.3 is 4.57 Å². The van der Waals surface area contributed by atoms with Gasteiger partial charge in [-0.15, -0.1) is 11.3 Å². The number of imidazole rings is 1. The fraction of sp³-hybridized carbons (Fsp3) is 0.0385. The smallest absolute Gasteiger partial charge is 0.145 e. The van der Waals surface area contributed by atoms with E-state index in [0.29, 0.717) is 0 Å². The normalized spacial score (nSPS) is 13.2. The lowest BCUT2D eigenvalue weighted by molar-refractivity contribution is 0.960. The summed E-state index contributed by atoms with van der Waals surface area (Å²) in [7, 11) is 0. The first kappa shape index (κ1) is 32.2. The highest BCUT2D eigenvalue weighted by Crippen LogP contribution is 2.44. The summed E-state index contributed by atoms with van der Waals surface area (Å²) in [6.45, 7) is 0. The van der Waals surface area contributed by atoms with Crippen molar-refractivity contribution in [3.8, 4) is 39.5 Å². The number of nitrogens with zero attached hydrogens (tertiary/aromatic N) is 4. The lowest BCUT2D eigenvalue weighted by Gasteiger charge is -2.16. The number of benzene rings is 7. The first-order valence-corrected chi connectivity index (χ1v) is 20.4. The van der Waals surface area contributed by atoms with Gasteiger partial charge in [0.05, 0.1) is 38.0 Å². The number of hydrogen-bond acceptors (Lipinski definition) is 3. The van der Waals surface area contributed by atoms with Crippen LogP contribution in [-0.4, -0.2) is 19.1 Å². The summed E-state index contributed by atoms with van der Waals surface area (Å²) >= 11 is 1.83. The first-order chi connectivity index (χ1) is 28.3. The summed E-state index contributed by atoms with van der Waals surface area (Å²) in [5.41, 5.74) is 13.3. The van der Waals surface area contributed by atoms with E-state index in [4.69, 9.17) is 9.97 Å². The zero-order chi connectivity index (χ0) is 37.5. The van der Waals surface area contributed by atoms with Crippen LogP contribution in [0, 0.1) is 0 Å². The fourth-order valence-corrected chi connectivity index (χ4v) is 10.2. The summed E-state index contributed by atoms with van der Waals surface area (Å²) in [4.78, 5) is 10.6. The number of allylic oxidation sites excluding steroid dienone is 4. The number of fused-ring (bicyclic) bond motifs is 9. The molecule has 0 spiro atoms. The van der Waals surface area contributed by atoms with E-state index in [9.17, 15) is 0 Å². The second kappa shape index (κ2) is 12.7. The minimum Gasteiger partial charge on any atom is -0.309 e. The van der Waals surface area contributed by atoms with Gasteiger partial charge in [-0.1, -0.05) is 121 Å². The second-order valence-electron chi connectivity index (χ2n) is 14.9. The van der Waals surface area contributed by atoms with Crippen molar-refractivity contribution in [1.82, 2.24) is 19.1 Å². The number of pyridine rings is 1. The van der Waals surface area contributed by atoms with Crippen molar-refractivity contribution in [3.05, 3.63) is 182 Å². The van der Waals surface area contributed by atoms with Crippen LogP contribution in [0.1, 0.15) is 12.8 Å². The van der Waals surface area contributed by atoms with Crippen LogP contribution in [0.5, 0.6) is 0 Å². The molecule has 0 radical (unpaired) electrons. The van der Waals surface area contributed by atoms with Gasteiger partial charge in [0.15, 0.2) is 0 Å². The fourth-order valence-electron chi connectivity index (χ4n) is 8.97. The van der Waals surface area contributed by atoms with E-state index in [-0.39, 0.29) is 0 Å². The van der Waals surface area contributed by atoms with Gasteiger partial charge in [0.1, 0.15) is 5.82 Å². The number of thiophene rings is 1. The molecular formula is C52H34N4S. The molecular weight excluding hydrogens is 713 g/mol. The molecule has 4 nitrogen and oxygen atoms in total. The Morgan fingerprint density at radius 1 is 0.491 bits per heavy atom. The Hall–Kier alpha value is -7.08. The van der Waals surface area contributed by atoms with Crippen molar-refractivity contribution in [2.75, 3.05) is 0 Å². The van der Waals surface area contributed by atoms with Crippen molar-refractivity contribution in [2.45, 2.75) is 12.8 Å². The van der Waals surface area contributed by atoms with Gasteiger partial charge in [-0.25, -0.2) is 9.97 Å². The molecule has 0 saturated heterocycles. The zero-order valence-corrected chi connectivity index (χ0v) is 31.7. The molecule has 12 rings (SSSR count). The van der Waals surface area contributed by atoms with Crippen molar-refractivity contribution < 1.29 is 0 Å². The van der Waals surface area contributed by atoms with Crippen LogP contribution < -0.4 is 0 Å². The predicted octanol–water partition coefficient (Wildman–Crippen LogP) is 14.2. The van der Waals surface area contributed by atoms with Crippen LogP contribution >= 0.6 is 11.3 Å². The Kier molecular flexibility index (Phi) is 7.19. The highest BCUT2D eigenvalue weighted by Gasteiger charge is 2.20. The Morgan fingerprint density at radius 3 is 1.88 bits per heavy atom. The maximum absolute atomic E-state index is 5.46. The number of para-hydroxylation sites is 5. The molecule has 0 unspecified atom stereocenters. The molecule has 0 atom stereocenters. The van der Waals surface area contributed by atoms with Gasteiger partial charge in [0.25, 0.3) is 0 Å². The highest BCUT2D eigenvalue weighted by molar-refractivity contribution is 7.26. The van der Waals surface area contributed by atoms with E-state index in [0.717, 1.165) is 68.9 Å². The van der Waals surface area contributed by atoms with Crippen molar-refractivity contribution in [2.24, 2.45) is 0 Å². The molecule has 57 heavy (non-hydrogen) atoms. The minimum absolute atomic E-state index is 0.969. The average molecular weight is 747 g/mol. The van der Waals surface area contributed by atoms with E-state index in [1.165, 1.54) is 53.1 Å². The molecule has 268 valence electrons. The molecule has 1 aliphatic carbocycles. The Balaban J connectivity index is 1.10. The minimum atomic E-state index is 0.969. The van der Waals surface area contributed by atoms with Crippen molar-refractivity contribution in [3.63, 3.8) is 0 Å². The van der Waals surface area contributed by atoms with E-state index in [2.05, 4.69) is 191 Å². The molecule has 0 aliphatic heterocycles. The van der Waals surface area contributed by atoms with Gasteiger partial charge in [-0.05, 0) is 84.6 Å². The SMILES string of the molecule is C1=CCCC(n2c(-c3ccc(-c4cc(-c5nc6ccccc6c6c5sc5ccccc56)cc(-n5c6ccccc6c6ccccc65)c4)cc3)nc3ccccc32)=C1. The summed E-state index contributed by atoms with van der Waals surface area (Å²) in [6, 6.07) is 59.3. The Morgan fingerprint density at radius 2 is 1.12 bits per heavy atom. The third-order valence-electron chi connectivity index (χ3n) is 11.6. The van der Waals surface area contributed by atoms with Gasteiger partial charge >= 0.3 is 0 Å². The monoisotopic (exact) mass is 746 g/mol. The molecule has 1 aliphatic rings. The van der Waals surface area contributed by atoms with Crippen LogP contribution in [-0.2, 0) is 0 Å². The molecule has 0 bridgehead atoms. The molecule has 5 heteroatoms. The van der Waals surface area contributed by atoms with E-state index in [1.54, 1.807) is 0 Å². The van der Waals surface area contributed by atoms with Gasteiger partial charge in [-0.3, -0.25) is 4.57 Å². The van der Waals surface area contributed by atoms with E-state index in [1.807, 2.05) is 11.3 Å². The van der Waals surface area contributed by atoms with Crippen molar-refractivity contribution in [1.29, 1.82) is 0 Å². The summed E-state index contributed by atoms with van der Waals surface area (Å²) in [5, 5.41) is 6.22. The molecule has 0 fully saturated rings. The third-order valence-corrected chi connectivity index (χ3v) is 12.7.